The molecular formula is C23H23ClN4O10. The van der Waals surface area contributed by atoms with Crippen LogP contribution < -0.4 is 10.1 Å². The van der Waals surface area contributed by atoms with E-state index < -0.39 is 52.3 Å². The summed E-state index contributed by atoms with van der Waals surface area (Å²) in [4.78, 5) is 60.2. The molecule has 1 aliphatic carbocycles. The summed E-state index contributed by atoms with van der Waals surface area (Å²) in [5.41, 5.74) is 2.69. The largest absolute Gasteiger partial charge is 0.423 e. The highest BCUT2D eigenvalue weighted by Crippen LogP contribution is 2.41. The Kier molecular flexibility index (Phi) is 7.92. The molecule has 2 aromatic rings. The number of aryl methyl sites for hydroxylation is 1. The Balaban J connectivity index is 1.42. The van der Waals surface area contributed by atoms with Crippen LogP contribution in [0.3, 0.4) is 0 Å². The van der Waals surface area contributed by atoms with Crippen LogP contribution in [0.2, 0.25) is 5.02 Å². The number of ether oxygens (including phenoxy) is 2. The fraction of sp³-hybridized carbons (Fsp3) is 0.435. The lowest BCUT2D eigenvalue weighted by Crippen LogP contribution is -2.43. The predicted octanol–water partition coefficient (Wildman–Crippen LogP) is 2.64. The first-order chi connectivity index (χ1) is 18.0. The summed E-state index contributed by atoms with van der Waals surface area (Å²) < 4.78 is 11.5. The van der Waals surface area contributed by atoms with Crippen LogP contribution in [-0.2, 0) is 30.6 Å². The zero-order valence-electron chi connectivity index (χ0n) is 20.2. The van der Waals surface area contributed by atoms with Crippen LogP contribution in [0.25, 0.3) is 0 Å². The molecule has 1 aliphatic heterocycles. The molecule has 0 bridgehead atoms. The molecule has 0 spiro atoms. The lowest BCUT2D eigenvalue weighted by atomic mass is 10.0. The fourth-order valence-corrected chi connectivity index (χ4v) is 4.66. The first kappa shape index (κ1) is 27.0. The van der Waals surface area contributed by atoms with E-state index in [9.17, 15) is 29.8 Å². The number of carbonyl (C=O) groups is 2. The number of carbonyl (C=O) groups excluding carboxylic acids is 2. The minimum Gasteiger partial charge on any atom is -0.423 e. The first-order valence-corrected chi connectivity index (χ1v) is 11.9. The molecule has 1 saturated carbocycles. The molecule has 1 fully saturated rings. The van der Waals surface area contributed by atoms with Crippen molar-refractivity contribution in [3.63, 3.8) is 0 Å². The van der Waals surface area contributed by atoms with Crippen molar-refractivity contribution in [1.82, 2.24) is 10.3 Å². The molecule has 1 aromatic heterocycles. The molecule has 1 aromatic carbocycles. The van der Waals surface area contributed by atoms with Gasteiger partial charge in [0.1, 0.15) is 24.4 Å². The molecule has 1 N–H and O–H groups in total. The Bertz CT molecular complexity index is 1230. The summed E-state index contributed by atoms with van der Waals surface area (Å²) in [6.07, 6.45) is -1.77. The summed E-state index contributed by atoms with van der Waals surface area (Å²) in [6.45, 7) is 3.25. The number of nitrogens with one attached hydrogen (secondary N) is 1. The maximum atomic E-state index is 12.9. The van der Waals surface area contributed by atoms with Crippen molar-refractivity contribution in [1.29, 1.82) is 0 Å². The van der Waals surface area contributed by atoms with Gasteiger partial charge in [-0.2, -0.15) is 0 Å². The number of aromatic nitrogens is 1. The molecule has 1 amide bonds. The van der Waals surface area contributed by atoms with Crippen LogP contribution in [0.5, 0.6) is 5.75 Å². The minimum absolute atomic E-state index is 0.174. The number of pyridine rings is 1. The van der Waals surface area contributed by atoms with E-state index in [1.165, 1.54) is 6.92 Å². The number of halogens is 1. The summed E-state index contributed by atoms with van der Waals surface area (Å²) in [5.74, 6) is -2.12. The lowest BCUT2D eigenvalue weighted by Gasteiger charge is -2.18. The number of hydrogen-bond acceptors (Lipinski definition) is 11. The molecule has 2 unspecified atom stereocenters. The van der Waals surface area contributed by atoms with E-state index in [-0.39, 0.29) is 25.2 Å². The lowest BCUT2D eigenvalue weighted by molar-refractivity contribution is -0.797. The van der Waals surface area contributed by atoms with Gasteiger partial charge < -0.3 is 24.5 Å². The third kappa shape index (κ3) is 5.92. The number of hydrogen-bond donors (Lipinski definition) is 1. The Morgan fingerprint density at radius 2 is 1.74 bits per heavy atom. The molecule has 5 atom stereocenters. The number of esters is 1. The minimum atomic E-state index is -1.30. The molecule has 2 heterocycles. The fourth-order valence-electron chi connectivity index (χ4n) is 4.53. The van der Waals surface area contributed by atoms with Gasteiger partial charge in [-0.1, -0.05) is 23.7 Å². The zero-order chi connectivity index (χ0) is 27.6. The number of fused-ring (bicyclic) bond motifs is 1. The number of amides is 1. The van der Waals surface area contributed by atoms with Crippen LogP contribution in [0.1, 0.15) is 48.3 Å². The predicted molar refractivity (Wildman–Crippen MR) is 127 cm³/mol. The third-order valence-electron chi connectivity index (χ3n) is 6.38. The smallest absolute Gasteiger partial charge is 0.333 e. The standard InChI is InChI=1S/C23H23ClN4O10/c1-11-20(17-10-35-21(16(17)9-25-11)13-3-5-15(24)6-4-13)36-23(30)12(2)26-22(29)14-7-18(37-27(31)32)19(8-14)38-28(33)34/h3-6,9,12,14,18-19,21H,7-8,10H2,1-2H3,(H,26,29)/t12-,14?,18-,19+,21?/m1/s1. The summed E-state index contributed by atoms with van der Waals surface area (Å²) in [7, 11) is 0. The average Bonchev–Trinajstić information content (AvgIpc) is 3.45. The summed E-state index contributed by atoms with van der Waals surface area (Å²) in [5, 5.41) is 22.3. The Morgan fingerprint density at radius 1 is 1.13 bits per heavy atom. The van der Waals surface area contributed by atoms with E-state index >= 15 is 0 Å². The number of rotatable bonds is 9. The van der Waals surface area contributed by atoms with Gasteiger partial charge in [-0.15, -0.1) is 20.2 Å². The molecule has 38 heavy (non-hydrogen) atoms. The Hall–Kier alpha value is -4.04. The monoisotopic (exact) mass is 550 g/mol. The topological polar surface area (TPSA) is 182 Å². The Morgan fingerprint density at radius 3 is 2.32 bits per heavy atom. The van der Waals surface area contributed by atoms with Gasteiger partial charge in [-0.3, -0.25) is 9.78 Å². The second kappa shape index (κ2) is 11.1. The van der Waals surface area contributed by atoms with Gasteiger partial charge in [0.2, 0.25) is 5.91 Å². The summed E-state index contributed by atoms with van der Waals surface area (Å²) >= 11 is 5.98. The maximum Gasteiger partial charge on any atom is 0.333 e. The number of nitrogens with zero attached hydrogens (tertiary/aromatic N) is 3. The van der Waals surface area contributed by atoms with E-state index in [0.717, 1.165) is 11.1 Å². The highest BCUT2D eigenvalue weighted by atomic mass is 35.5. The van der Waals surface area contributed by atoms with Gasteiger partial charge in [-0.05, 0) is 44.4 Å². The molecule has 14 nitrogen and oxygen atoms in total. The normalized spacial score (nSPS) is 22.7. The zero-order valence-corrected chi connectivity index (χ0v) is 21.0. The second-order valence-electron chi connectivity index (χ2n) is 8.90. The third-order valence-corrected chi connectivity index (χ3v) is 6.63. The van der Waals surface area contributed by atoms with Crippen molar-refractivity contribution in [2.45, 2.75) is 57.6 Å². The molecule has 202 valence electrons. The van der Waals surface area contributed by atoms with Crippen molar-refractivity contribution >= 4 is 23.5 Å². The van der Waals surface area contributed by atoms with Gasteiger partial charge >= 0.3 is 5.97 Å². The van der Waals surface area contributed by atoms with E-state index in [1.807, 2.05) is 12.1 Å². The van der Waals surface area contributed by atoms with Gasteiger partial charge in [-0.25, -0.2) is 4.79 Å². The van der Waals surface area contributed by atoms with Crippen LogP contribution in [0.15, 0.2) is 30.5 Å². The highest BCUT2D eigenvalue weighted by molar-refractivity contribution is 6.30. The Labute approximate surface area is 220 Å². The van der Waals surface area contributed by atoms with Crippen LogP contribution in [0.4, 0.5) is 0 Å². The van der Waals surface area contributed by atoms with Crippen LogP contribution in [0, 0.1) is 33.1 Å². The molecule has 4 rings (SSSR count). The maximum absolute atomic E-state index is 12.9. The van der Waals surface area contributed by atoms with E-state index in [0.29, 0.717) is 16.3 Å². The molecule has 0 saturated heterocycles. The van der Waals surface area contributed by atoms with Crippen LogP contribution in [-0.4, -0.2) is 45.3 Å². The molecule has 15 heteroatoms. The van der Waals surface area contributed by atoms with Gasteiger partial charge in [0.25, 0.3) is 10.2 Å². The van der Waals surface area contributed by atoms with Crippen molar-refractivity contribution in [2.75, 3.05) is 0 Å². The van der Waals surface area contributed by atoms with E-state index in [1.54, 1.807) is 25.3 Å². The van der Waals surface area contributed by atoms with E-state index in [2.05, 4.69) is 20.0 Å². The van der Waals surface area contributed by atoms with Crippen molar-refractivity contribution < 1.29 is 38.9 Å². The van der Waals surface area contributed by atoms with Gasteiger partial charge in [0, 0.05) is 28.3 Å². The molecular weight excluding hydrogens is 528 g/mol. The highest BCUT2D eigenvalue weighted by Gasteiger charge is 2.43. The average molecular weight is 551 g/mol. The number of benzene rings is 1. The van der Waals surface area contributed by atoms with E-state index in [4.69, 9.17) is 21.1 Å². The van der Waals surface area contributed by atoms with Gasteiger partial charge in [0.15, 0.2) is 5.75 Å². The molecule has 0 radical (unpaired) electrons. The SMILES string of the molecule is Cc1ncc2c(c1OC(=O)[C@@H](C)NC(=O)C1C[C@H](O[N+](=O)[O-])[C@H](O[N+](=O)[O-])C1)COC2c1ccc(Cl)cc1. The first-order valence-electron chi connectivity index (χ1n) is 11.5. The van der Waals surface area contributed by atoms with Gasteiger partial charge in [0.05, 0.1) is 12.3 Å². The van der Waals surface area contributed by atoms with Crippen molar-refractivity contribution in [3.05, 3.63) is 78.1 Å². The summed E-state index contributed by atoms with van der Waals surface area (Å²) in [6, 6.07) is 6.03. The van der Waals surface area contributed by atoms with Crippen LogP contribution >= 0.6 is 11.6 Å². The second-order valence-corrected chi connectivity index (χ2v) is 9.34. The van der Waals surface area contributed by atoms with Crippen molar-refractivity contribution in [2.24, 2.45) is 5.92 Å². The quantitative estimate of drug-likeness (QED) is 0.275. The molecule has 2 aliphatic rings. The van der Waals surface area contributed by atoms with Crippen molar-refractivity contribution in [3.8, 4) is 5.75 Å².